The van der Waals surface area contributed by atoms with Crippen molar-refractivity contribution in [2.24, 2.45) is 69.0 Å². The molecule has 14 unspecified atom stereocenters. The molecule has 0 bridgehead atoms. The average molecular weight is 673 g/mol. The number of carbonyl (C=O) groups is 4. The van der Waals surface area contributed by atoms with Gasteiger partial charge in [0.25, 0.3) is 0 Å². The first kappa shape index (κ1) is 33.9. The lowest BCUT2D eigenvalue weighted by Crippen LogP contribution is -2.54. The molecule has 6 nitrogen and oxygen atoms in total. The van der Waals surface area contributed by atoms with Gasteiger partial charge in [-0.25, -0.2) is 0 Å². The molecule has 6 saturated carbocycles. The van der Waals surface area contributed by atoms with Crippen LogP contribution in [0, 0.1) is 69.0 Å². The normalized spacial score (nSPS) is 50.0. The Morgan fingerprint density at radius 2 is 1.02 bits per heavy atom. The Labute approximate surface area is 294 Å². The van der Waals surface area contributed by atoms with Gasteiger partial charge in [-0.15, -0.1) is 0 Å². The zero-order valence-corrected chi connectivity index (χ0v) is 31.0. The summed E-state index contributed by atoms with van der Waals surface area (Å²) in [5, 5.41) is 0. The first-order chi connectivity index (χ1) is 23.2. The minimum absolute atomic E-state index is 0.0736. The SMILES string of the molecule is CC1CC2=CC(=O)CCC2(C)C2CCC3(C)C(OC(=O)CC(=O)OC4CCC5C6C(C)CC7=CC(=O)CCC7(C)C6CCC45C)CCC3C12. The largest absolute Gasteiger partial charge is 0.461 e. The Balaban J connectivity index is 0.899. The van der Waals surface area contributed by atoms with Crippen molar-refractivity contribution in [1.82, 2.24) is 0 Å². The van der Waals surface area contributed by atoms with Crippen LogP contribution < -0.4 is 0 Å². The summed E-state index contributed by atoms with van der Waals surface area (Å²) >= 11 is 0. The van der Waals surface area contributed by atoms with Gasteiger partial charge in [0, 0.05) is 23.7 Å². The quantitative estimate of drug-likeness (QED) is 0.219. The Morgan fingerprint density at radius 3 is 1.43 bits per heavy atom. The van der Waals surface area contributed by atoms with Crippen molar-refractivity contribution in [3.63, 3.8) is 0 Å². The number of carbonyl (C=O) groups excluding carboxylic acids is 4. The molecule has 8 aliphatic carbocycles. The molecule has 0 heterocycles. The van der Waals surface area contributed by atoms with Crippen molar-refractivity contribution in [2.75, 3.05) is 0 Å². The number of ether oxygens (including phenoxy) is 2. The zero-order valence-electron chi connectivity index (χ0n) is 31.0. The summed E-state index contributed by atoms with van der Waals surface area (Å²) in [4.78, 5) is 51.4. The van der Waals surface area contributed by atoms with E-state index >= 15 is 0 Å². The fraction of sp³-hybridized carbons (Fsp3) is 0.814. The molecular formula is C43H60O6. The highest BCUT2D eigenvalue weighted by molar-refractivity contribution is 5.92. The lowest BCUT2D eigenvalue weighted by Gasteiger charge is -2.60. The third-order valence-corrected chi connectivity index (χ3v) is 17.3. The lowest BCUT2D eigenvalue weighted by molar-refractivity contribution is -0.172. The average Bonchev–Trinajstić information content (AvgIpc) is 3.54. The maximum absolute atomic E-state index is 13.4. The number of rotatable bonds is 4. The second kappa shape index (κ2) is 11.6. The highest BCUT2D eigenvalue weighted by atomic mass is 16.6. The summed E-state index contributed by atoms with van der Waals surface area (Å²) in [6.07, 6.45) is 16.7. The summed E-state index contributed by atoms with van der Waals surface area (Å²) in [5.41, 5.74) is 2.84. The summed E-state index contributed by atoms with van der Waals surface area (Å²) in [6.45, 7) is 14.3. The monoisotopic (exact) mass is 672 g/mol. The Bertz CT molecular complexity index is 1400. The van der Waals surface area contributed by atoms with E-state index in [1.165, 1.54) is 11.1 Å². The van der Waals surface area contributed by atoms with Crippen LogP contribution in [0.15, 0.2) is 23.3 Å². The number of esters is 2. The fourth-order valence-electron chi connectivity index (χ4n) is 14.6. The molecule has 0 aromatic rings. The van der Waals surface area contributed by atoms with Crippen LogP contribution >= 0.6 is 0 Å². The summed E-state index contributed by atoms with van der Waals surface area (Å²) in [6, 6.07) is 0. The van der Waals surface area contributed by atoms with Crippen LogP contribution in [0.1, 0.15) is 138 Å². The zero-order chi connectivity index (χ0) is 34.7. The maximum Gasteiger partial charge on any atom is 0.317 e. The van der Waals surface area contributed by atoms with E-state index in [0.29, 0.717) is 71.8 Å². The van der Waals surface area contributed by atoms with Crippen LogP contribution in [0.5, 0.6) is 0 Å². The highest BCUT2D eigenvalue weighted by Gasteiger charge is 2.63. The second-order valence-electron chi connectivity index (χ2n) is 19.4. The van der Waals surface area contributed by atoms with Gasteiger partial charge in [-0.1, -0.05) is 52.7 Å². The van der Waals surface area contributed by atoms with Gasteiger partial charge in [0.2, 0.25) is 0 Å². The van der Waals surface area contributed by atoms with Crippen molar-refractivity contribution in [3.8, 4) is 0 Å². The molecular weight excluding hydrogens is 612 g/mol. The van der Waals surface area contributed by atoms with E-state index < -0.39 is 11.9 Å². The van der Waals surface area contributed by atoms with Gasteiger partial charge >= 0.3 is 11.9 Å². The van der Waals surface area contributed by atoms with E-state index in [0.717, 1.165) is 77.0 Å². The van der Waals surface area contributed by atoms with Gasteiger partial charge < -0.3 is 9.47 Å². The molecule has 0 spiro atoms. The molecule has 8 aliphatic rings. The van der Waals surface area contributed by atoms with E-state index in [1.54, 1.807) is 0 Å². The Hall–Kier alpha value is -2.24. The number of fused-ring (bicyclic) bond motifs is 10. The maximum atomic E-state index is 13.4. The molecule has 8 rings (SSSR count). The van der Waals surface area contributed by atoms with Gasteiger partial charge in [-0.05, 0) is 147 Å². The second-order valence-corrected chi connectivity index (χ2v) is 19.4. The molecule has 0 radical (unpaired) electrons. The molecule has 14 atom stereocenters. The van der Waals surface area contributed by atoms with E-state index in [1.807, 2.05) is 12.2 Å². The molecule has 0 N–H and O–H groups in total. The third-order valence-electron chi connectivity index (χ3n) is 17.3. The smallest absolute Gasteiger partial charge is 0.317 e. The van der Waals surface area contributed by atoms with Gasteiger partial charge in [0.15, 0.2) is 11.6 Å². The van der Waals surface area contributed by atoms with Crippen LogP contribution in [0.25, 0.3) is 0 Å². The highest BCUT2D eigenvalue weighted by Crippen LogP contribution is 2.68. The van der Waals surface area contributed by atoms with Crippen LogP contribution in [-0.4, -0.2) is 35.7 Å². The number of hydrogen-bond donors (Lipinski definition) is 0. The predicted octanol–water partition coefficient (Wildman–Crippen LogP) is 8.76. The predicted molar refractivity (Wildman–Crippen MR) is 187 cm³/mol. The van der Waals surface area contributed by atoms with Crippen molar-refractivity contribution in [1.29, 1.82) is 0 Å². The van der Waals surface area contributed by atoms with Crippen LogP contribution in [0.4, 0.5) is 0 Å². The number of hydrogen-bond acceptors (Lipinski definition) is 6. The van der Waals surface area contributed by atoms with Crippen LogP contribution in [-0.2, 0) is 28.7 Å². The minimum atomic E-state index is -0.429. The molecule has 6 fully saturated rings. The first-order valence-corrected chi connectivity index (χ1v) is 20.0. The first-order valence-electron chi connectivity index (χ1n) is 20.0. The molecule has 49 heavy (non-hydrogen) atoms. The van der Waals surface area contributed by atoms with Crippen molar-refractivity contribution in [2.45, 2.75) is 150 Å². The molecule has 0 amide bonds. The van der Waals surface area contributed by atoms with Crippen LogP contribution in [0.2, 0.25) is 0 Å². The van der Waals surface area contributed by atoms with Crippen molar-refractivity contribution >= 4 is 23.5 Å². The van der Waals surface area contributed by atoms with E-state index in [2.05, 4.69) is 41.5 Å². The number of ketones is 2. The molecule has 0 aromatic heterocycles. The molecule has 0 aromatic carbocycles. The van der Waals surface area contributed by atoms with Gasteiger partial charge in [0.05, 0.1) is 0 Å². The lowest BCUT2D eigenvalue weighted by atomic mass is 9.45. The van der Waals surface area contributed by atoms with Gasteiger partial charge in [-0.2, -0.15) is 0 Å². The molecule has 0 saturated heterocycles. The number of allylic oxidation sites excluding steroid dienone is 2. The fourth-order valence-corrected chi connectivity index (χ4v) is 14.6. The minimum Gasteiger partial charge on any atom is -0.461 e. The van der Waals surface area contributed by atoms with E-state index in [9.17, 15) is 19.2 Å². The third kappa shape index (κ3) is 5.05. The molecule has 268 valence electrons. The van der Waals surface area contributed by atoms with E-state index in [4.69, 9.17) is 9.47 Å². The summed E-state index contributed by atoms with van der Waals surface area (Å²) in [7, 11) is 0. The van der Waals surface area contributed by atoms with Crippen LogP contribution in [0.3, 0.4) is 0 Å². The molecule has 6 heteroatoms. The van der Waals surface area contributed by atoms with Crippen molar-refractivity contribution in [3.05, 3.63) is 23.3 Å². The van der Waals surface area contributed by atoms with Gasteiger partial charge in [0.1, 0.15) is 18.6 Å². The Kier molecular flexibility index (Phi) is 8.05. The van der Waals surface area contributed by atoms with Crippen molar-refractivity contribution < 1.29 is 28.7 Å². The Morgan fingerprint density at radius 1 is 0.612 bits per heavy atom. The summed E-state index contributed by atoms with van der Waals surface area (Å²) in [5.74, 6) is 4.06. The summed E-state index contributed by atoms with van der Waals surface area (Å²) < 4.78 is 12.5. The van der Waals surface area contributed by atoms with E-state index in [-0.39, 0.29) is 40.3 Å². The topological polar surface area (TPSA) is 86.7 Å². The van der Waals surface area contributed by atoms with Gasteiger partial charge in [-0.3, -0.25) is 19.2 Å². The molecule has 0 aliphatic heterocycles. The standard InChI is InChI=1S/C43H60O6/c1-24-19-26-21-28(44)11-15-40(26,3)32-13-17-42(5)30(38(24)32)7-9-34(42)48-36(46)23-37(47)49-35-10-8-31-39-25(2)20-27-22-29(45)12-16-41(27,4)33(39)14-18-43(31,35)6/h21-22,24-25,30-35,38-39H,7-20,23H2,1-6H3.